The van der Waals surface area contributed by atoms with Gasteiger partial charge in [-0.25, -0.2) is 8.42 Å². The molecule has 3 nitrogen and oxygen atoms in total. The largest absolute Gasteiger partial charge is 0.224 e. The lowest BCUT2D eigenvalue weighted by molar-refractivity contribution is 0.597. The van der Waals surface area contributed by atoms with Gasteiger partial charge in [-0.3, -0.25) is 0 Å². The third-order valence-corrected chi connectivity index (χ3v) is 5.18. The van der Waals surface area contributed by atoms with Crippen LogP contribution in [-0.2, 0) is 9.84 Å². The Labute approximate surface area is 113 Å². The molecule has 0 radical (unpaired) electrons. The zero-order chi connectivity index (χ0) is 13.6. The van der Waals surface area contributed by atoms with Crippen molar-refractivity contribution in [2.24, 2.45) is 0 Å². The van der Waals surface area contributed by atoms with Crippen molar-refractivity contribution >= 4 is 21.6 Å². The van der Waals surface area contributed by atoms with Crippen molar-refractivity contribution in [1.29, 1.82) is 5.26 Å². The quantitative estimate of drug-likeness (QED) is 0.594. The minimum absolute atomic E-state index is 0.120. The van der Waals surface area contributed by atoms with Crippen LogP contribution in [0, 0.1) is 10.7 Å². The van der Waals surface area contributed by atoms with Crippen molar-refractivity contribution in [3.05, 3.63) is 29.8 Å². The molecule has 0 saturated carbocycles. The van der Waals surface area contributed by atoms with E-state index in [-0.39, 0.29) is 11.7 Å². The third-order valence-electron chi connectivity index (χ3n) is 2.88. The zero-order valence-electron chi connectivity index (χ0n) is 10.6. The molecule has 18 heavy (non-hydrogen) atoms. The highest BCUT2D eigenvalue weighted by Gasteiger charge is 2.13. The van der Waals surface area contributed by atoms with E-state index >= 15 is 0 Å². The Morgan fingerprint density at radius 1 is 1.44 bits per heavy atom. The first-order valence-corrected chi connectivity index (χ1v) is 8.48. The first-order valence-electron chi connectivity index (χ1n) is 5.85. The highest BCUT2D eigenvalue weighted by molar-refractivity contribution is 8.03. The molecule has 1 unspecified atom stereocenters. The van der Waals surface area contributed by atoms with Crippen LogP contribution in [0.15, 0.2) is 29.2 Å². The molecule has 5 heteroatoms. The van der Waals surface area contributed by atoms with Gasteiger partial charge in [-0.05, 0) is 41.8 Å². The van der Waals surface area contributed by atoms with Gasteiger partial charge in [-0.15, -0.1) is 0 Å². The van der Waals surface area contributed by atoms with Crippen LogP contribution in [0.25, 0.3) is 0 Å². The number of rotatable bonds is 6. The monoisotopic (exact) mass is 283 g/mol. The molecule has 1 aromatic carbocycles. The van der Waals surface area contributed by atoms with E-state index in [1.165, 1.54) is 11.8 Å². The lowest BCUT2D eigenvalue weighted by atomic mass is 9.99. The van der Waals surface area contributed by atoms with Crippen LogP contribution in [0.3, 0.4) is 0 Å². The summed E-state index contributed by atoms with van der Waals surface area (Å²) in [6, 6.07) is 7.11. The summed E-state index contributed by atoms with van der Waals surface area (Å²) in [5, 5.41) is 10.5. The normalized spacial score (nSPS) is 12.9. The summed E-state index contributed by atoms with van der Waals surface area (Å²) in [6.07, 6.45) is 0.869. The molecule has 0 spiro atoms. The highest BCUT2D eigenvalue weighted by Crippen LogP contribution is 2.23. The molecular formula is C13H17NO2S2. The Morgan fingerprint density at radius 2 is 2.17 bits per heavy atom. The van der Waals surface area contributed by atoms with Gasteiger partial charge in [0.2, 0.25) is 0 Å². The van der Waals surface area contributed by atoms with Gasteiger partial charge < -0.3 is 0 Å². The molecule has 1 aromatic rings. The predicted octanol–water partition coefficient (Wildman–Crippen LogP) is 3.19. The number of hydrogen-bond donors (Lipinski definition) is 0. The highest BCUT2D eigenvalue weighted by atomic mass is 32.2. The molecule has 0 N–H and O–H groups in total. The van der Waals surface area contributed by atoms with E-state index in [9.17, 15) is 8.42 Å². The first-order chi connectivity index (χ1) is 8.51. The average molecular weight is 283 g/mol. The second kappa shape index (κ2) is 6.81. The molecule has 0 saturated heterocycles. The van der Waals surface area contributed by atoms with Gasteiger partial charge >= 0.3 is 0 Å². The number of sulfone groups is 1. The zero-order valence-corrected chi connectivity index (χ0v) is 12.2. The van der Waals surface area contributed by atoms with Gasteiger partial charge in [0, 0.05) is 5.75 Å². The Hall–Kier alpha value is -0.990. The number of benzene rings is 1. The molecule has 0 bridgehead atoms. The van der Waals surface area contributed by atoms with E-state index in [1.54, 1.807) is 25.1 Å². The number of nitrogens with zero attached hydrogens (tertiary/aromatic N) is 1. The maximum Gasteiger partial charge on any atom is 0.178 e. The lowest BCUT2D eigenvalue weighted by Gasteiger charge is -2.12. The minimum atomic E-state index is -3.14. The van der Waals surface area contributed by atoms with Gasteiger partial charge in [-0.1, -0.05) is 26.0 Å². The fourth-order valence-corrected chi connectivity index (χ4v) is 3.13. The summed E-state index contributed by atoms with van der Waals surface area (Å²) in [5.41, 5.74) is 1.02. The summed E-state index contributed by atoms with van der Waals surface area (Å²) in [4.78, 5) is 0.391. The SMILES string of the molecule is CCS(=O)(=O)c1cccc(C(C)CCSC#N)c1. The van der Waals surface area contributed by atoms with Crippen LogP contribution in [-0.4, -0.2) is 19.9 Å². The van der Waals surface area contributed by atoms with Crippen molar-refractivity contribution in [1.82, 2.24) is 0 Å². The second-order valence-electron chi connectivity index (χ2n) is 4.11. The van der Waals surface area contributed by atoms with Gasteiger partial charge in [0.25, 0.3) is 0 Å². The topological polar surface area (TPSA) is 57.9 Å². The fraction of sp³-hybridized carbons (Fsp3) is 0.462. The van der Waals surface area contributed by atoms with Crippen molar-refractivity contribution in [3.63, 3.8) is 0 Å². The molecule has 98 valence electrons. The number of thioether (sulfide) groups is 1. The van der Waals surface area contributed by atoms with Crippen molar-refractivity contribution < 1.29 is 8.42 Å². The van der Waals surface area contributed by atoms with Crippen molar-refractivity contribution in [2.75, 3.05) is 11.5 Å². The Balaban J connectivity index is 2.86. The first kappa shape index (κ1) is 15.1. The summed E-state index contributed by atoms with van der Waals surface area (Å²) in [7, 11) is -3.14. The van der Waals surface area contributed by atoms with Crippen molar-refractivity contribution in [3.8, 4) is 5.40 Å². The standard InChI is InChI=1S/C13H17NO2S2/c1-3-18(15,16)13-6-4-5-12(9-13)11(2)7-8-17-10-14/h4-6,9,11H,3,7-8H2,1-2H3. The van der Waals surface area contributed by atoms with Gasteiger partial charge in [0.05, 0.1) is 10.6 Å². The van der Waals surface area contributed by atoms with Crippen LogP contribution in [0.4, 0.5) is 0 Å². The maximum atomic E-state index is 11.8. The summed E-state index contributed by atoms with van der Waals surface area (Å²) >= 11 is 1.23. The van der Waals surface area contributed by atoms with E-state index in [2.05, 4.69) is 6.92 Å². The van der Waals surface area contributed by atoms with E-state index in [1.807, 2.05) is 11.5 Å². The number of nitriles is 1. The van der Waals surface area contributed by atoms with Crippen LogP contribution >= 0.6 is 11.8 Å². The molecule has 1 rings (SSSR count). The molecule has 0 aromatic heterocycles. The van der Waals surface area contributed by atoms with Crippen LogP contribution < -0.4 is 0 Å². The predicted molar refractivity (Wildman–Crippen MR) is 75.3 cm³/mol. The van der Waals surface area contributed by atoms with E-state index in [0.29, 0.717) is 4.90 Å². The molecule has 0 amide bonds. The number of thiocyanates is 1. The van der Waals surface area contributed by atoms with Gasteiger partial charge in [0.15, 0.2) is 9.84 Å². The third kappa shape index (κ3) is 4.04. The summed E-state index contributed by atoms with van der Waals surface area (Å²) in [5.74, 6) is 1.15. The Morgan fingerprint density at radius 3 is 2.78 bits per heavy atom. The lowest BCUT2D eigenvalue weighted by Crippen LogP contribution is -2.05. The molecule has 0 fully saturated rings. The van der Waals surface area contributed by atoms with Crippen LogP contribution in [0.5, 0.6) is 0 Å². The van der Waals surface area contributed by atoms with E-state index in [4.69, 9.17) is 5.26 Å². The number of hydrogen-bond acceptors (Lipinski definition) is 4. The van der Waals surface area contributed by atoms with Crippen molar-refractivity contribution in [2.45, 2.75) is 31.1 Å². The molecule has 0 aliphatic rings. The average Bonchev–Trinajstić information content (AvgIpc) is 2.39. The summed E-state index contributed by atoms with van der Waals surface area (Å²) in [6.45, 7) is 3.70. The molecule has 0 heterocycles. The Kier molecular flexibility index (Phi) is 5.70. The molecule has 1 atom stereocenters. The Bertz CT molecular complexity index is 532. The summed E-state index contributed by atoms with van der Waals surface area (Å²) < 4.78 is 23.6. The van der Waals surface area contributed by atoms with Gasteiger partial charge in [-0.2, -0.15) is 5.26 Å². The smallest absolute Gasteiger partial charge is 0.178 e. The molecular weight excluding hydrogens is 266 g/mol. The maximum absolute atomic E-state index is 11.8. The van der Waals surface area contributed by atoms with Crippen LogP contribution in [0.1, 0.15) is 31.7 Å². The fourth-order valence-electron chi connectivity index (χ4n) is 1.63. The van der Waals surface area contributed by atoms with Crippen LogP contribution in [0.2, 0.25) is 0 Å². The van der Waals surface area contributed by atoms with E-state index < -0.39 is 9.84 Å². The minimum Gasteiger partial charge on any atom is -0.224 e. The van der Waals surface area contributed by atoms with Gasteiger partial charge in [0.1, 0.15) is 5.40 Å². The molecule has 0 aliphatic carbocycles. The molecule has 0 aliphatic heterocycles. The second-order valence-corrected chi connectivity index (χ2v) is 7.26. The van der Waals surface area contributed by atoms with E-state index in [0.717, 1.165) is 17.7 Å².